The van der Waals surface area contributed by atoms with Crippen LogP contribution in [0.25, 0.3) is 0 Å². The first-order valence-corrected chi connectivity index (χ1v) is 10.8. The summed E-state index contributed by atoms with van der Waals surface area (Å²) in [4.78, 5) is 12.5. The summed E-state index contributed by atoms with van der Waals surface area (Å²) in [6.07, 6.45) is 1.13. The number of hydrogen-bond donors (Lipinski definition) is 1. The predicted molar refractivity (Wildman–Crippen MR) is 109 cm³/mol. The van der Waals surface area contributed by atoms with Crippen LogP contribution in [-0.4, -0.2) is 31.4 Å². The molecule has 0 spiro atoms. The van der Waals surface area contributed by atoms with Crippen molar-refractivity contribution in [2.45, 2.75) is 40.3 Å². The zero-order valence-electron chi connectivity index (χ0n) is 16.6. The van der Waals surface area contributed by atoms with Crippen molar-refractivity contribution in [2.75, 3.05) is 12.8 Å². The van der Waals surface area contributed by atoms with Crippen LogP contribution in [0.1, 0.15) is 40.8 Å². The van der Waals surface area contributed by atoms with Gasteiger partial charge in [0.2, 0.25) is 15.9 Å². The molecule has 0 heterocycles. The van der Waals surface area contributed by atoms with Crippen molar-refractivity contribution < 1.29 is 13.2 Å². The predicted octanol–water partition coefficient (Wildman–Crippen LogP) is 3.25. The molecule has 2 rings (SSSR count). The Bertz CT molecular complexity index is 906. The minimum Gasteiger partial charge on any atom is -0.348 e. The molecule has 1 N–H and O–H groups in total. The highest BCUT2D eigenvalue weighted by Gasteiger charge is 2.21. The van der Waals surface area contributed by atoms with Gasteiger partial charge in [-0.1, -0.05) is 48.0 Å². The third-order valence-corrected chi connectivity index (χ3v) is 5.87. The van der Waals surface area contributed by atoms with Gasteiger partial charge in [0.1, 0.15) is 0 Å². The number of amides is 1. The number of hydrogen-bond acceptors (Lipinski definition) is 3. The normalized spacial score (nSPS) is 12.8. The van der Waals surface area contributed by atoms with Gasteiger partial charge < -0.3 is 5.32 Å². The Morgan fingerprint density at radius 2 is 1.67 bits per heavy atom. The largest absolute Gasteiger partial charge is 0.348 e. The Morgan fingerprint density at radius 3 is 2.22 bits per heavy atom. The summed E-state index contributed by atoms with van der Waals surface area (Å²) >= 11 is 0. The smallest absolute Gasteiger partial charge is 0.235 e. The fourth-order valence-corrected chi connectivity index (χ4v) is 3.49. The van der Waals surface area contributed by atoms with Crippen LogP contribution in [0.5, 0.6) is 0 Å². The standard InChI is InChI=1S/C21H28N2O3S/c1-15-6-9-19(10-7-15)13-23(27(5,25)26)14-21(24)22-18(4)20-11-8-16(2)17(3)12-20/h6-12,18H,13-14H2,1-5H3,(H,22,24). The van der Waals surface area contributed by atoms with Gasteiger partial charge in [-0.2, -0.15) is 4.31 Å². The second-order valence-corrected chi connectivity index (χ2v) is 9.13. The average Bonchev–Trinajstić information content (AvgIpc) is 2.57. The molecular formula is C21H28N2O3S. The fourth-order valence-electron chi connectivity index (χ4n) is 2.75. The summed E-state index contributed by atoms with van der Waals surface area (Å²) in [5.74, 6) is -0.321. The second kappa shape index (κ2) is 8.67. The summed E-state index contributed by atoms with van der Waals surface area (Å²) in [5.41, 5.74) is 5.30. The van der Waals surface area contributed by atoms with Gasteiger partial charge in [0.25, 0.3) is 0 Å². The molecule has 6 heteroatoms. The maximum absolute atomic E-state index is 12.5. The summed E-state index contributed by atoms with van der Waals surface area (Å²) in [7, 11) is -3.51. The Labute approximate surface area is 162 Å². The van der Waals surface area contributed by atoms with E-state index in [1.165, 1.54) is 9.87 Å². The van der Waals surface area contributed by atoms with Crippen LogP contribution in [0, 0.1) is 20.8 Å². The SMILES string of the molecule is Cc1ccc(CN(CC(=O)NC(C)c2ccc(C)c(C)c2)S(C)(=O)=O)cc1. The van der Waals surface area contributed by atoms with Gasteiger partial charge in [0.15, 0.2) is 0 Å². The monoisotopic (exact) mass is 388 g/mol. The molecule has 146 valence electrons. The van der Waals surface area contributed by atoms with Crippen molar-refractivity contribution >= 4 is 15.9 Å². The lowest BCUT2D eigenvalue weighted by Crippen LogP contribution is -2.40. The zero-order valence-corrected chi connectivity index (χ0v) is 17.4. The van der Waals surface area contributed by atoms with E-state index in [0.717, 1.165) is 28.5 Å². The summed E-state index contributed by atoms with van der Waals surface area (Å²) in [6, 6.07) is 13.5. The van der Waals surface area contributed by atoms with Crippen molar-refractivity contribution in [3.8, 4) is 0 Å². The molecule has 5 nitrogen and oxygen atoms in total. The summed E-state index contributed by atoms with van der Waals surface area (Å²) < 4.78 is 25.4. The first-order valence-electron chi connectivity index (χ1n) is 8.93. The first-order chi connectivity index (χ1) is 12.6. The quantitative estimate of drug-likeness (QED) is 0.792. The van der Waals surface area contributed by atoms with Crippen LogP contribution in [0.15, 0.2) is 42.5 Å². The molecule has 2 aromatic rings. The van der Waals surface area contributed by atoms with Crippen molar-refractivity contribution in [3.63, 3.8) is 0 Å². The highest BCUT2D eigenvalue weighted by atomic mass is 32.2. The molecule has 0 aromatic heterocycles. The first kappa shape index (κ1) is 21.1. The van der Waals surface area contributed by atoms with Crippen LogP contribution in [0.2, 0.25) is 0 Å². The van der Waals surface area contributed by atoms with E-state index in [-0.39, 0.29) is 25.0 Å². The number of aryl methyl sites for hydroxylation is 3. The fraction of sp³-hybridized carbons (Fsp3) is 0.381. The molecule has 0 saturated carbocycles. The number of rotatable bonds is 7. The molecular weight excluding hydrogens is 360 g/mol. The van der Waals surface area contributed by atoms with Crippen LogP contribution in [0.4, 0.5) is 0 Å². The molecule has 0 aliphatic rings. The number of sulfonamides is 1. The summed E-state index contributed by atoms with van der Waals surface area (Å²) in [6.45, 7) is 7.90. The van der Waals surface area contributed by atoms with E-state index in [1.54, 1.807) is 0 Å². The third kappa shape index (κ3) is 6.19. The highest BCUT2D eigenvalue weighted by molar-refractivity contribution is 7.88. The van der Waals surface area contributed by atoms with Gasteiger partial charge in [0, 0.05) is 6.54 Å². The molecule has 0 radical (unpaired) electrons. The van der Waals surface area contributed by atoms with Crippen LogP contribution in [0.3, 0.4) is 0 Å². The zero-order chi connectivity index (χ0) is 20.2. The number of nitrogens with one attached hydrogen (secondary N) is 1. The third-order valence-electron chi connectivity index (χ3n) is 4.68. The number of carbonyl (C=O) groups is 1. The van der Waals surface area contributed by atoms with Crippen LogP contribution in [-0.2, 0) is 21.4 Å². The van der Waals surface area contributed by atoms with Gasteiger partial charge >= 0.3 is 0 Å². The molecule has 0 bridgehead atoms. The molecule has 0 fully saturated rings. The molecule has 0 saturated heterocycles. The minimum absolute atomic E-state index is 0.171. The van der Waals surface area contributed by atoms with Crippen molar-refractivity contribution in [2.24, 2.45) is 0 Å². The number of nitrogens with zero attached hydrogens (tertiary/aromatic N) is 1. The van der Waals surface area contributed by atoms with E-state index < -0.39 is 10.0 Å². The molecule has 0 aliphatic heterocycles. The van der Waals surface area contributed by atoms with Gasteiger partial charge in [-0.15, -0.1) is 0 Å². The van der Waals surface area contributed by atoms with E-state index in [4.69, 9.17) is 0 Å². The molecule has 1 unspecified atom stereocenters. The van der Waals surface area contributed by atoms with E-state index in [2.05, 4.69) is 5.32 Å². The lowest BCUT2D eigenvalue weighted by Gasteiger charge is -2.22. The Morgan fingerprint density at radius 1 is 1.04 bits per heavy atom. The van der Waals surface area contributed by atoms with Crippen molar-refractivity contribution in [1.82, 2.24) is 9.62 Å². The van der Waals surface area contributed by atoms with E-state index in [1.807, 2.05) is 70.2 Å². The van der Waals surface area contributed by atoms with Gasteiger partial charge in [-0.05, 0) is 49.9 Å². The Balaban J connectivity index is 2.06. The van der Waals surface area contributed by atoms with Crippen LogP contribution >= 0.6 is 0 Å². The maximum Gasteiger partial charge on any atom is 0.235 e. The van der Waals surface area contributed by atoms with Gasteiger partial charge in [-0.3, -0.25) is 4.79 Å². The Hall–Kier alpha value is -2.18. The molecule has 2 aromatic carbocycles. The minimum atomic E-state index is -3.51. The number of carbonyl (C=O) groups excluding carboxylic acids is 1. The van der Waals surface area contributed by atoms with Crippen molar-refractivity contribution in [3.05, 3.63) is 70.3 Å². The second-order valence-electron chi connectivity index (χ2n) is 7.15. The van der Waals surface area contributed by atoms with Gasteiger partial charge in [0.05, 0.1) is 18.8 Å². The van der Waals surface area contributed by atoms with Crippen molar-refractivity contribution in [1.29, 1.82) is 0 Å². The highest BCUT2D eigenvalue weighted by Crippen LogP contribution is 2.17. The maximum atomic E-state index is 12.5. The number of benzene rings is 2. The lowest BCUT2D eigenvalue weighted by atomic mass is 10.0. The molecule has 1 atom stereocenters. The van der Waals surface area contributed by atoms with E-state index >= 15 is 0 Å². The van der Waals surface area contributed by atoms with Gasteiger partial charge in [-0.25, -0.2) is 8.42 Å². The van der Waals surface area contributed by atoms with E-state index in [0.29, 0.717) is 0 Å². The lowest BCUT2D eigenvalue weighted by molar-refractivity contribution is -0.122. The van der Waals surface area contributed by atoms with E-state index in [9.17, 15) is 13.2 Å². The Kier molecular flexibility index (Phi) is 6.78. The molecule has 27 heavy (non-hydrogen) atoms. The average molecular weight is 389 g/mol. The molecule has 0 aliphatic carbocycles. The summed E-state index contributed by atoms with van der Waals surface area (Å²) in [5, 5.41) is 2.90. The van der Waals surface area contributed by atoms with Crippen LogP contribution < -0.4 is 5.32 Å². The topological polar surface area (TPSA) is 66.5 Å². The molecule has 1 amide bonds.